The van der Waals surface area contributed by atoms with E-state index in [1.54, 1.807) is 0 Å². The van der Waals surface area contributed by atoms with Gasteiger partial charge in [-0.1, -0.05) is 69.3 Å². The molecule has 0 aliphatic carbocycles. The fourth-order valence-electron chi connectivity index (χ4n) is 2.37. The lowest BCUT2D eigenvalue weighted by Gasteiger charge is -2.26. The normalized spacial score (nSPS) is 12.3. The highest BCUT2D eigenvalue weighted by atomic mass is 16.2. The van der Waals surface area contributed by atoms with E-state index in [2.05, 4.69) is 10.6 Å². The minimum absolute atomic E-state index is 0.0450. The second-order valence-corrected chi connectivity index (χ2v) is 6.79. The summed E-state index contributed by atoms with van der Waals surface area (Å²) in [5.41, 5.74) is 1.20. The molecule has 0 aliphatic rings. The Balaban J connectivity index is 2.12. The van der Waals surface area contributed by atoms with Crippen molar-refractivity contribution >= 4 is 17.5 Å². The Labute approximate surface area is 149 Å². The molecule has 0 saturated carbocycles. The molecule has 4 nitrogen and oxygen atoms in total. The zero-order valence-corrected chi connectivity index (χ0v) is 15.1. The highest BCUT2D eigenvalue weighted by molar-refractivity contribution is 5.91. The third-order valence-corrected chi connectivity index (χ3v) is 4.45. The Morgan fingerprint density at radius 1 is 0.960 bits per heavy atom. The van der Waals surface area contributed by atoms with E-state index in [0.29, 0.717) is 0 Å². The summed E-state index contributed by atoms with van der Waals surface area (Å²) in [5, 5.41) is 5.92. The van der Waals surface area contributed by atoms with Crippen LogP contribution in [0.5, 0.6) is 0 Å². The molecular weight excluding hydrogens is 312 g/mol. The number of carbonyl (C=O) groups excluding carboxylic acids is 2. The molecule has 2 aromatic carbocycles. The van der Waals surface area contributed by atoms with Gasteiger partial charge in [0.1, 0.15) is 0 Å². The first-order valence-electron chi connectivity index (χ1n) is 8.63. The highest BCUT2D eigenvalue weighted by Gasteiger charge is 2.28. The largest absolute Gasteiger partial charge is 0.348 e. The molecule has 0 aliphatic heterocycles. The molecule has 2 aromatic rings. The van der Waals surface area contributed by atoms with E-state index in [4.69, 9.17) is 0 Å². The average Bonchev–Trinajstić information content (AvgIpc) is 2.62. The first-order valence-corrected chi connectivity index (χ1v) is 8.63. The zero-order chi connectivity index (χ0) is 18.3. The van der Waals surface area contributed by atoms with Crippen LogP contribution in [-0.4, -0.2) is 11.8 Å². The molecule has 25 heavy (non-hydrogen) atoms. The molecule has 0 spiro atoms. The maximum absolute atomic E-state index is 12.6. The summed E-state index contributed by atoms with van der Waals surface area (Å²) in [4.78, 5) is 25.0. The van der Waals surface area contributed by atoms with Crippen molar-refractivity contribution in [1.82, 2.24) is 5.32 Å². The van der Waals surface area contributed by atoms with Gasteiger partial charge in [-0.05, 0) is 24.1 Å². The number of rotatable bonds is 7. The van der Waals surface area contributed by atoms with E-state index in [1.807, 2.05) is 81.4 Å². The van der Waals surface area contributed by atoms with Crippen LogP contribution in [0.2, 0.25) is 0 Å². The first-order chi connectivity index (χ1) is 11.9. The van der Waals surface area contributed by atoms with Crippen LogP contribution in [0.1, 0.15) is 45.2 Å². The number of benzene rings is 2. The van der Waals surface area contributed by atoms with Gasteiger partial charge in [0, 0.05) is 11.1 Å². The van der Waals surface area contributed by atoms with Gasteiger partial charge in [-0.15, -0.1) is 0 Å². The smallest absolute Gasteiger partial charge is 0.226 e. The molecule has 2 amide bonds. The van der Waals surface area contributed by atoms with Gasteiger partial charge in [0.2, 0.25) is 11.8 Å². The second kappa shape index (κ2) is 8.47. The summed E-state index contributed by atoms with van der Waals surface area (Å²) in [6.07, 6.45) is 0.918. The lowest BCUT2D eigenvalue weighted by atomic mass is 9.88. The number of nitrogens with one attached hydrogen (secondary N) is 2. The predicted molar refractivity (Wildman–Crippen MR) is 101 cm³/mol. The van der Waals surface area contributed by atoms with Gasteiger partial charge < -0.3 is 10.6 Å². The van der Waals surface area contributed by atoms with Gasteiger partial charge in [-0.3, -0.25) is 9.59 Å². The molecule has 4 heteroatoms. The average molecular weight is 338 g/mol. The highest BCUT2D eigenvalue weighted by Crippen LogP contribution is 2.24. The van der Waals surface area contributed by atoms with E-state index in [1.165, 1.54) is 0 Å². The summed E-state index contributed by atoms with van der Waals surface area (Å²) in [5.74, 6) is -0.175. The third-order valence-electron chi connectivity index (χ3n) is 4.45. The monoisotopic (exact) mass is 338 g/mol. The van der Waals surface area contributed by atoms with Crippen LogP contribution in [0.4, 0.5) is 5.69 Å². The van der Waals surface area contributed by atoms with Crippen LogP contribution >= 0.6 is 0 Å². The van der Waals surface area contributed by atoms with Crippen LogP contribution in [0.15, 0.2) is 60.7 Å². The van der Waals surface area contributed by atoms with Gasteiger partial charge >= 0.3 is 0 Å². The number of anilines is 1. The van der Waals surface area contributed by atoms with Gasteiger partial charge in [-0.25, -0.2) is 0 Å². The van der Waals surface area contributed by atoms with Crippen LogP contribution < -0.4 is 10.6 Å². The zero-order valence-electron chi connectivity index (χ0n) is 15.1. The number of carbonyl (C=O) groups is 2. The molecular formula is C21H26N2O2. The van der Waals surface area contributed by atoms with Crippen molar-refractivity contribution < 1.29 is 9.59 Å². The Kier molecular flexibility index (Phi) is 6.34. The maximum atomic E-state index is 12.6. The quantitative estimate of drug-likeness (QED) is 0.790. The van der Waals surface area contributed by atoms with Crippen molar-refractivity contribution in [2.75, 3.05) is 5.32 Å². The van der Waals surface area contributed by atoms with Crippen molar-refractivity contribution in [3.63, 3.8) is 0 Å². The van der Waals surface area contributed by atoms with Gasteiger partial charge in [-0.2, -0.15) is 0 Å². The Hall–Kier alpha value is -2.62. The molecule has 0 bridgehead atoms. The molecule has 1 unspecified atom stereocenters. The summed E-state index contributed by atoms with van der Waals surface area (Å²) in [7, 11) is 0. The summed E-state index contributed by atoms with van der Waals surface area (Å²) in [6.45, 7) is 5.81. The van der Waals surface area contributed by atoms with E-state index >= 15 is 0 Å². The summed E-state index contributed by atoms with van der Waals surface area (Å²) < 4.78 is 0. The standard InChI is InChI=1S/C21H26N2O2/c1-4-21(2,3)20(25)23-18(16-11-7-5-8-12-16)15-19(24)22-17-13-9-6-10-14-17/h5-14,18H,4,15H2,1-3H3,(H,22,24)(H,23,25). The van der Waals surface area contributed by atoms with Gasteiger partial charge in [0.15, 0.2) is 0 Å². The predicted octanol–water partition coefficient (Wildman–Crippen LogP) is 4.31. The molecule has 0 fully saturated rings. The SMILES string of the molecule is CCC(C)(C)C(=O)NC(CC(=O)Nc1ccccc1)c1ccccc1. The molecule has 0 heterocycles. The molecule has 1 atom stereocenters. The molecule has 0 radical (unpaired) electrons. The van der Waals surface area contributed by atoms with E-state index < -0.39 is 5.41 Å². The van der Waals surface area contributed by atoms with Crippen molar-refractivity contribution in [3.8, 4) is 0 Å². The molecule has 2 N–H and O–H groups in total. The lowest BCUT2D eigenvalue weighted by Crippen LogP contribution is -2.40. The lowest BCUT2D eigenvalue weighted by molar-refractivity contribution is -0.130. The van der Waals surface area contributed by atoms with E-state index in [-0.39, 0.29) is 24.3 Å². The van der Waals surface area contributed by atoms with Gasteiger partial charge in [0.25, 0.3) is 0 Å². The minimum atomic E-state index is -0.469. The van der Waals surface area contributed by atoms with Crippen molar-refractivity contribution in [3.05, 3.63) is 66.2 Å². The third kappa shape index (κ3) is 5.45. The van der Waals surface area contributed by atoms with Crippen molar-refractivity contribution in [2.45, 2.75) is 39.7 Å². The second-order valence-electron chi connectivity index (χ2n) is 6.79. The van der Waals surface area contributed by atoms with Crippen LogP contribution in [0.25, 0.3) is 0 Å². The van der Waals surface area contributed by atoms with Crippen molar-refractivity contribution in [2.24, 2.45) is 5.41 Å². The number of para-hydroxylation sites is 1. The molecule has 0 saturated heterocycles. The molecule has 132 valence electrons. The van der Waals surface area contributed by atoms with Crippen LogP contribution in [0, 0.1) is 5.41 Å². The number of amides is 2. The number of hydrogen-bond acceptors (Lipinski definition) is 2. The maximum Gasteiger partial charge on any atom is 0.226 e. The fourth-order valence-corrected chi connectivity index (χ4v) is 2.37. The summed E-state index contributed by atoms with van der Waals surface area (Å²) >= 11 is 0. The topological polar surface area (TPSA) is 58.2 Å². The van der Waals surface area contributed by atoms with Gasteiger partial charge in [0.05, 0.1) is 12.5 Å². The van der Waals surface area contributed by atoms with Crippen LogP contribution in [-0.2, 0) is 9.59 Å². The number of hydrogen-bond donors (Lipinski definition) is 2. The van der Waals surface area contributed by atoms with Crippen LogP contribution in [0.3, 0.4) is 0 Å². The fraction of sp³-hybridized carbons (Fsp3) is 0.333. The Morgan fingerprint density at radius 3 is 2.08 bits per heavy atom. The minimum Gasteiger partial charge on any atom is -0.348 e. The van der Waals surface area contributed by atoms with E-state index in [9.17, 15) is 9.59 Å². The first kappa shape index (κ1) is 18.7. The van der Waals surface area contributed by atoms with E-state index in [0.717, 1.165) is 17.7 Å². The summed E-state index contributed by atoms with van der Waals surface area (Å²) in [6, 6.07) is 18.6. The molecule has 2 rings (SSSR count). The Bertz CT molecular complexity index is 696. The molecule has 0 aromatic heterocycles. The van der Waals surface area contributed by atoms with Crippen molar-refractivity contribution in [1.29, 1.82) is 0 Å². The Morgan fingerprint density at radius 2 is 1.52 bits per heavy atom.